The van der Waals surface area contributed by atoms with Gasteiger partial charge in [0, 0.05) is 42.8 Å². The van der Waals surface area contributed by atoms with Crippen LogP contribution in [0.2, 0.25) is 0 Å². The molecule has 0 saturated carbocycles. The summed E-state index contributed by atoms with van der Waals surface area (Å²) in [6.07, 6.45) is 4.32. The van der Waals surface area contributed by atoms with E-state index in [2.05, 4.69) is 45.1 Å². The maximum atomic E-state index is 12.6. The van der Waals surface area contributed by atoms with Crippen LogP contribution >= 0.6 is 15.9 Å². The molecule has 0 aromatic heterocycles. The molecule has 0 unspecified atom stereocenters. The number of rotatable bonds is 5. The van der Waals surface area contributed by atoms with Crippen LogP contribution in [0.15, 0.2) is 59.1 Å². The minimum Gasteiger partial charge on any atom is -0.497 e. The second-order valence-electron chi connectivity index (χ2n) is 6.28. The first-order valence-corrected chi connectivity index (χ1v) is 9.53. The van der Waals surface area contributed by atoms with Gasteiger partial charge in [-0.25, -0.2) is 0 Å². The lowest BCUT2D eigenvalue weighted by Gasteiger charge is -2.34. The van der Waals surface area contributed by atoms with Crippen molar-refractivity contribution in [1.82, 2.24) is 9.80 Å². The van der Waals surface area contributed by atoms with E-state index in [1.807, 2.05) is 41.3 Å². The topological polar surface area (TPSA) is 32.8 Å². The number of benzene rings is 2. The van der Waals surface area contributed by atoms with E-state index < -0.39 is 0 Å². The Morgan fingerprint density at radius 3 is 2.31 bits per heavy atom. The number of halogens is 1. The van der Waals surface area contributed by atoms with Gasteiger partial charge >= 0.3 is 0 Å². The van der Waals surface area contributed by atoms with Crippen molar-refractivity contribution in [2.45, 2.75) is 0 Å². The molecule has 3 rings (SSSR count). The normalized spacial score (nSPS) is 15.4. The fourth-order valence-corrected chi connectivity index (χ4v) is 3.23. The number of carbonyl (C=O) groups excluding carboxylic acids is 1. The molecule has 0 aliphatic carbocycles. The number of ether oxygens (including phenoxy) is 1. The summed E-state index contributed by atoms with van der Waals surface area (Å²) in [5.41, 5.74) is 1.91. The summed E-state index contributed by atoms with van der Waals surface area (Å²) in [6.45, 7) is 4.22. The summed E-state index contributed by atoms with van der Waals surface area (Å²) in [7, 11) is 1.63. The fraction of sp³-hybridized carbons (Fsp3) is 0.286. The molecule has 0 atom stereocenters. The molecule has 0 bridgehead atoms. The first-order valence-electron chi connectivity index (χ1n) is 8.73. The molecular formula is C21H23BrN2O2. The van der Waals surface area contributed by atoms with Crippen LogP contribution in [0.4, 0.5) is 0 Å². The Kier molecular flexibility index (Phi) is 6.47. The van der Waals surface area contributed by atoms with E-state index in [-0.39, 0.29) is 5.91 Å². The molecule has 2 aromatic carbocycles. The van der Waals surface area contributed by atoms with E-state index in [0.29, 0.717) is 0 Å². The summed E-state index contributed by atoms with van der Waals surface area (Å²) in [6, 6.07) is 15.6. The Bertz CT molecular complexity index is 749. The van der Waals surface area contributed by atoms with E-state index in [1.165, 1.54) is 5.56 Å². The Hall–Kier alpha value is -2.11. The summed E-state index contributed by atoms with van der Waals surface area (Å²) < 4.78 is 6.23. The Morgan fingerprint density at radius 2 is 1.69 bits per heavy atom. The van der Waals surface area contributed by atoms with E-state index in [1.54, 1.807) is 7.11 Å². The van der Waals surface area contributed by atoms with Gasteiger partial charge in [-0.1, -0.05) is 40.2 Å². The quantitative estimate of drug-likeness (QED) is 0.742. The first-order chi connectivity index (χ1) is 12.7. The fourth-order valence-electron chi connectivity index (χ4n) is 2.96. The number of hydrogen-bond acceptors (Lipinski definition) is 3. The highest BCUT2D eigenvalue weighted by atomic mass is 79.9. The summed E-state index contributed by atoms with van der Waals surface area (Å²) >= 11 is 3.45. The highest BCUT2D eigenvalue weighted by Crippen LogP contribution is 2.15. The highest BCUT2D eigenvalue weighted by molar-refractivity contribution is 9.10. The van der Waals surface area contributed by atoms with Crippen LogP contribution in [0.1, 0.15) is 15.9 Å². The molecule has 1 aliphatic rings. The third-order valence-electron chi connectivity index (χ3n) is 4.54. The molecule has 136 valence electrons. The van der Waals surface area contributed by atoms with Crippen LogP contribution in [-0.4, -0.2) is 55.5 Å². The zero-order valence-electron chi connectivity index (χ0n) is 14.9. The third kappa shape index (κ3) is 4.96. The van der Waals surface area contributed by atoms with Crippen molar-refractivity contribution in [1.29, 1.82) is 0 Å². The van der Waals surface area contributed by atoms with Crippen molar-refractivity contribution in [2.24, 2.45) is 0 Å². The molecule has 2 aromatic rings. The van der Waals surface area contributed by atoms with Crippen molar-refractivity contribution in [3.8, 4) is 5.75 Å². The minimum atomic E-state index is 0.0951. The molecule has 26 heavy (non-hydrogen) atoms. The number of hydrogen-bond donors (Lipinski definition) is 0. The molecule has 4 nitrogen and oxygen atoms in total. The van der Waals surface area contributed by atoms with E-state index in [4.69, 9.17) is 4.74 Å². The van der Waals surface area contributed by atoms with Gasteiger partial charge in [0.15, 0.2) is 0 Å². The molecule has 1 aliphatic heterocycles. The molecule has 0 spiro atoms. The van der Waals surface area contributed by atoms with Gasteiger partial charge in [-0.15, -0.1) is 0 Å². The Balaban J connectivity index is 1.47. The zero-order valence-corrected chi connectivity index (χ0v) is 16.5. The summed E-state index contributed by atoms with van der Waals surface area (Å²) in [5, 5.41) is 0. The van der Waals surface area contributed by atoms with E-state index in [9.17, 15) is 4.79 Å². The van der Waals surface area contributed by atoms with Gasteiger partial charge in [-0.2, -0.15) is 0 Å². The zero-order chi connectivity index (χ0) is 18.4. The van der Waals surface area contributed by atoms with Crippen LogP contribution in [0.25, 0.3) is 6.08 Å². The van der Waals surface area contributed by atoms with E-state index >= 15 is 0 Å². The van der Waals surface area contributed by atoms with Crippen LogP contribution in [-0.2, 0) is 0 Å². The molecule has 0 radical (unpaired) electrons. The van der Waals surface area contributed by atoms with Crippen molar-refractivity contribution in [3.05, 3.63) is 70.2 Å². The predicted octanol–water partition coefficient (Wildman–Crippen LogP) is 3.93. The lowest BCUT2D eigenvalue weighted by Crippen LogP contribution is -2.48. The van der Waals surface area contributed by atoms with Crippen LogP contribution in [0.5, 0.6) is 5.75 Å². The van der Waals surface area contributed by atoms with Gasteiger partial charge in [0.1, 0.15) is 5.75 Å². The average molecular weight is 415 g/mol. The number of piperazine rings is 1. The summed E-state index contributed by atoms with van der Waals surface area (Å²) in [5.74, 6) is 0.863. The third-order valence-corrected chi connectivity index (χ3v) is 5.07. The highest BCUT2D eigenvalue weighted by Gasteiger charge is 2.21. The van der Waals surface area contributed by atoms with Gasteiger partial charge in [0.05, 0.1) is 7.11 Å². The number of carbonyl (C=O) groups is 1. The average Bonchev–Trinajstić information content (AvgIpc) is 2.69. The SMILES string of the molecule is COc1ccc(C(=O)N2CCN(C/C=C/c3ccc(Br)cc3)CC2)cc1. The van der Waals surface area contributed by atoms with Crippen molar-refractivity contribution in [3.63, 3.8) is 0 Å². The maximum Gasteiger partial charge on any atom is 0.253 e. The number of nitrogens with zero attached hydrogens (tertiary/aromatic N) is 2. The second-order valence-corrected chi connectivity index (χ2v) is 7.19. The monoisotopic (exact) mass is 414 g/mol. The van der Waals surface area contributed by atoms with Crippen molar-refractivity contribution in [2.75, 3.05) is 39.8 Å². The number of methoxy groups -OCH3 is 1. The Labute approximate surface area is 163 Å². The lowest BCUT2D eigenvalue weighted by molar-refractivity contribution is 0.0650. The summed E-state index contributed by atoms with van der Waals surface area (Å²) in [4.78, 5) is 16.9. The van der Waals surface area contributed by atoms with E-state index in [0.717, 1.165) is 48.5 Å². The lowest BCUT2D eigenvalue weighted by atomic mass is 10.1. The maximum absolute atomic E-state index is 12.6. The molecular weight excluding hydrogens is 392 g/mol. The van der Waals surface area contributed by atoms with Crippen molar-refractivity contribution >= 4 is 27.9 Å². The minimum absolute atomic E-state index is 0.0951. The molecule has 1 fully saturated rings. The smallest absolute Gasteiger partial charge is 0.253 e. The predicted molar refractivity (Wildman–Crippen MR) is 109 cm³/mol. The van der Waals surface area contributed by atoms with Crippen LogP contribution < -0.4 is 4.74 Å². The van der Waals surface area contributed by atoms with Gasteiger partial charge in [0.25, 0.3) is 5.91 Å². The standard InChI is InChI=1S/C21H23BrN2O2/c1-26-20-10-6-18(7-11-20)21(25)24-15-13-23(14-16-24)12-2-3-17-4-8-19(22)9-5-17/h2-11H,12-16H2,1H3/b3-2+. The molecule has 0 N–H and O–H groups in total. The Morgan fingerprint density at radius 1 is 1.04 bits per heavy atom. The van der Waals surface area contributed by atoms with Crippen LogP contribution in [0, 0.1) is 0 Å². The van der Waals surface area contributed by atoms with Crippen LogP contribution in [0.3, 0.4) is 0 Å². The second kappa shape index (κ2) is 9.01. The van der Waals surface area contributed by atoms with Gasteiger partial charge < -0.3 is 9.64 Å². The van der Waals surface area contributed by atoms with Gasteiger partial charge in [0.2, 0.25) is 0 Å². The first kappa shape index (κ1) is 18.7. The molecule has 1 amide bonds. The van der Waals surface area contributed by atoms with Crippen molar-refractivity contribution < 1.29 is 9.53 Å². The number of amides is 1. The molecule has 1 heterocycles. The van der Waals surface area contributed by atoms with Gasteiger partial charge in [-0.05, 0) is 42.0 Å². The largest absolute Gasteiger partial charge is 0.497 e. The van der Waals surface area contributed by atoms with Gasteiger partial charge in [-0.3, -0.25) is 9.69 Å². The molecule has 1 saturated heterocycles. The molecule has 5 heteroatoms.